The highest BCUT2D eigenvalue weighted by Crippen LogP contribution is 2.30. The lowest BCUT2D eigenvalue weighted by Gasteiger charge is -2.48. The average Bonchev–Trinajstić information content (AvgIpc) is 2.58. The minimum atomic E-state index is 0.297. The lowest BCUT2D eigenvalue weighted by Crippen LogP contribution is -2.59. The van der Waals surface area contributed by atoms with E-state index in [1.807, 2.05) is 12.1 Å². The molecule has 1 aromatic carbocycles. The first-order valence-corrected chi connectivity index (χ1v) is 8.94. The van der Waals surface area contributed by atoms with Crippen molar-refractivity contribution in [1.29, 1.82) is 0 Å². The third kappa shape index (κ3) is 4.02. The zero-order chi connectivity index (χ0) is 15.3. The maximum absolute atomic E-state index is 5.95. The van der Waals surface area contributed by atoms with Gasteiger partial charge in [-0.05, 0) is 56.5 Å². The summed E-state index contributed by atoms with van der Waals surface area (Å²) in [7, 11) is 0. The Morgan fingerprint density at radius 2 is 1.73 bits per heavy atom. The van der Waals surface area contributed by atoms with Crippen molar-refractivity contribution in [3.63, 3.8) is 0 Å². The molecule has 0 unspecified atom stereocenters. The van der Waals surface area contributed by atoms with Crippen LogP contribution in [0.4, 0.5) is 0 Å². The Hall–Kier alpha value is -0.610. The molecule has 0 atom stereocenters. The number of nitrogens with one attached hydrogen (secondary N) is 1. The van der Waals surface area contributed by atoms with Gasteiger partial charge < -0.3 is 10.1 Å². The van der Waals surface area contributed by atoms with Crippen LogP contribution in [0.3, 0.4) is 0 Å². The SMILES string of the molecule is Clc1ccc(CNCC2(N3CCCCC3)CCOCC2)cc1. The third-order valence-electron chi connectivity index (χ3n) is 5.15. The highest BCUT2D eigenvalue weighted by atomic mass is 35.5. The Morgan fingerprint density at radius 1 is 1.05 bits per heavy atom. The Kier molecular flexibility index (Phi) is 5.75. The molecule has 2 aliphatic rings. The van der Waals surface area contributed by atoms with E-state index in [0.29, 0.717) is 5.54 Å². The van der Waals surface area contributed by atoms with Gasteiger partial charge in [0.2, 0.25) is 0 Å². The van der Waals surface area contributed by atoms with E-state index in [1.54, 1.807) is 0 Å². The van der Waals surface area contributed by atoms with E-state index >= 15 is 0 Å². The van der Waals surface area contributed by atoms with Crippen LogP contribution in [0.1, 0.15) is 37.7 Å². The molecule has 2 heterocycles. The van der Waals surface area contributed by atoms with Crippen molar-refractivity contribution in [3.8, 4) is 0 Å². The van der Waals surface area contributed by atoms with E-state index < -0.39 is 0 Å². The largest absolute Gasteiger partial charge is 0.381 e. The fourth-order valence-electron chi connectivity index (χ4n) is 3.77. The minimum Gasteiger partial charge on any atom is -0.381 e. The highest BCUT2D eigenvalue weighted by molar-refractivity contribution is 6.30. The molecule has 122 valence electrons. The van der Waals surface area contributed by atoms with E-state index in [2.05, 4.69) is 22.3 Å². The molecule has 2 aliphatic heterocycles. The number of piperidine rings is 1. The van der Waals surface area contributed by atoms with Crippen molar-refractivity contribution in [1.82, 2.24) is 10.2 Å². The summed E-state index contributed by atoms with van der Waals surface area (Å²) in [5, 5.41) is 4.49. The molecule has 0 spiro atoms. The number of ether oxygens (including phenoxy) is 1. The van der Waals surface area contributed by atoms with Gasteiger partial charge in [-0.2, -0.15) is 0 Å². The Labute approximate surface area is 139 Å². The van der Waals surface area contributed by atoms with Crippen LogP contribution in [0.5, 0.6) is 0 Å². The molecule has 1 aromatic rings. The number of halogens is 1. The average molecular weight is 323 g/mol. The van der Waals surface area contributed by atoms with Gasteiger partial charge in [0.1, 0.15) is 0 Å². The zero-order valence-electron chi connectivity index (χ0n) is 13.3. The van der Waals surface area contributed by atoms with Gasteiger partial charge in [-0.3, -0.25) is 4.90 Å². The molecule has 1 N–H and O–H groups in total. The standard InChI is InChI=1S/C18H27ClN2O/c19-17-6-4-16(5-7-17)14-20-15-18(8-12-22-13-9-18)21-10-2-1-3-11-21/h4-7,20H,1-3,8-15H2. The fourth-order valence-corrected chi connectivity index (χ4v) is 3.89. The van der Waals surface area contributed by atoms with Crippen LogP contribution in [-0.4, -0.2) is 43.3 Å². The van der Waals surface area contributed by atoms with Crippen LogP contribution in [0.25, 0.3) is 0 Å². The quantitative estimate of drug-likeness (QED) is 0.898. The number of hydrogen-bond acceptors (Lipinski definition) is 3. The van der Waals surface area contributed by atoms with Crippen LogP contribution in [0.2, 0.25) is 5.02 Å². The van der Waals surface area contributed by atoms with Crippen molar-refractivity contribution in [2.45, 2.75) is 44.2 Å². The molecule has 2 fully saturated rings. The van der Waals surface area contributed by atoms with Crippen molar-refractivity contribution < 1.29 is 4.74 Å². The predicted molar refractivity (Wildman–Crippen MR) is 91.4 cm³/mol. The smallest absolute Gasteiger partial charge is 0.0484 e. The van der Waals surface area contributed by atoms with E-state index in [1.165, 1.54) is 37.9 Å². The van der Waals surface area contributed by atoms with Gasteiger partial charge in [-0.15, -0.1) is 0 Å². The second-order valence-corrected chi connectivity index (χ2v) is 7.05. The summed E-state index contributed by atoms with van der Waals surface area (Å²) in [6.07, 6.45) is 6.39. The maximum atomic E-state index is 5.95. The first kappa shape index (κ1) is 16.3. The Morgan fingerprint density at radius 3 is 2.41 bits per heavy atom. The summed E-state index contributed by atoms with van der Waals surface area (Å²) >= 11 is 5.95. The molecular formula is C18H27ClN2O. The van der Waals surface area contributed by atoms with Crippen molar-refractivity contribution >= 4 is 11.6 Å². The van der Waals surface area contributed by atoms with Crippen LogP contribution < -0.4 is 5.32 Å². The first-order valence-electron chi connectivity index (χ1n) is 8.57. The summed E-state index contributed by atoms with van der Waals surface area (Å²) in [5.74, 6) is 0. The predicted octanol–water partition coefficient (Wildman–Crippen LogP) is 3.46. The number of hydrogen-bond donors (Lipinski definition) is 1. The second kappa shape index (κ2) is 7.78. The minimum absolute atomic E-state index is 0.297. The van der Waals surface area contributed by atoms with Gasteiger partial charge in [-0.25, -0.2) is 0 Å². The molecule has 0 saturated carbocycles. The van der Waals surface area contributed by atoms with Gasteiger partial charge in [0, 0.05) is 36.9 Å². The summed E-state index contributed by atoms with van der Waals surface area (Å²) in [6, 6.07) is 8.14. The fraction of sp³-hybridized carbons (Fsp3) is 0.667. The summed E-state index contributed by atoms with van der Waals surface area (Å²) in [4.78, 5) is 2.73. The summed E-state index contributed by atoms with van der Waals surface area (Å²) in [5.41, 5.74) is 1.59. The van der Waals surface area contributed by atoms with E-state index in [-0.39, 0.29) is 0 Å². The second-order valence-electron chi connectivity index (χ2n) is 6.61. The van der Waals surface area contributed by atoms with Gasteiger partial charge in [0.05, 0.1) is 0 Å². The highest BCUT2D eigenvalue weighted by Gasteiger charge is 2.38. The maximum Gasteiger partial charge on any atom is 0.0484 e. The topological polar surface area (TPSA) is 24.5 Å². The zero-order valence-corrected chi connectivity index (χ0v) is 14.1. The van der Waals surface area contributed by atoms with Crippen LogP contribution in [0.15, 0.2) is 24.3 Å². The molecule has 2 saturated heterocycles. The van der Waals surface area contributed by atoms with Crippen molar-refractivity contribution in [2.75, 3.05) is 32.8 Å². The molecular weight excluding hydrogens is 296 g/mol. The molecule has 0 amide bonds. The Balaban J connectivity index is 1.58. The summed E-state index contributed by atoms with van der Waals surface area (Å²) in [6.45, 7) is 6.27. The molecule has 0 aromatic heterocycles. The van der Waals surface area contributed by atoms with Crippen LogP contribution >= 0.6 is 11.6 Å². The molecule has 4 heteroatoms. The number of benzene rings is 1. The van der Waals surface area contributed by atoms with Gasteiger partial charge >= 0.3 is 0 Å². The van der Waals surface area contributed by atoms with E-state index in [9.17, 15) is 0 Å². The number of nitrogens with zero attached hydrogens (tertiary/aromatic N) is 1. The third-order valence-corrected chi connectivity index (χ3v) is 5.40. The first-order chi connectivity index (χ1) is 10.8. The molecule has 3 nitrogen and oxygen atoms in total. The van der Waals surface area contributed by atoms with Gasteiger partial charge in [0.25, 0.3) is 0 Å². The monoisotopic (exact) mass is 322 g/mol. The van der Waals surface area contributed by atoms with Gasteiger partial charge in [0.15, 0.2) is 0 Å². The normalized spacial score (nSPS) is 22.6. The molecule has 3 rings (SSSR count). The van der Waals surface area contributed by atoms with Gasteiger partial charge in [-0.1, -0.05) is 30.2 Å². The van der Waals surface area contributed by atoms with Crippen LogP contribution in [0, 0.1) is 0 Å². The van der Waals surface area contributed by atoms with E-state index in [4.69, 9.17) is 16.3 Å². The molecule has 22 heavy (non-hydrogen) atoms. The van der Waals surface area contributed by atoms with Crippen molar-refractivity contribution in [3.05, 3.63) is 34.9 Å². The molecule has 0 bridgehead atoms. The number of likely N-dealkylation sites (tertiary alicyclic amines) is 1. The van der Waals surface area contributed by atoms with E-state index in [0.717, 1.165) is 44.2 Å². The summed E-state index contributed by atoms with van der Waals surface area (Å²) < 4.78 is 5.62. The van der Waals surface area contributed by atoms with Crippen LogP contribution in [-0.2, 0) is 11.3 Å². The van der Waals surface area contributed by atoms with Crippen molar-refractivity contribution in [2.24, 2.45) is 0 Å². The lowest BCUT2D eigenvalue weighted by atomic mass is 9.86. The molecule has 0 radical (unpaired) electrons. The Bertz CT molecular complexity index is 451. The lowest BCUT2D eigenvalue weighted by molar-refractivity contribution is -0.0358. The molecule has 0 aliphatic carbocycles. The number of rotatable bonds is 5.